The minimum absolute atomic E-state index is 0.142. The van der Waals surface area contributed by atoms with E-state index in [0.29, 0.717) is 6.61 Å². The molecule has 0 radical (unpaired) electrons. The van der Waals surface area contributed by atoms with Gasteiger partial charge in [-0.25, -0.2) is 0 Å². The predicted octanol–water partition coefficient (Wildman–Crippen LogP) is 8.11. The molecule has 3 aromatic rings. The molecule has 164 valence electrons. The van der Waals surface area contributed by atoms with E-state index in [1.807, 2.05) is 6.08 Å². The third kappa shape index (κ3) is 3.46. The first kappa shape index (κ1) is 21.9. The van der Waals surface area contributed by atoms with Crippen molar-refractivity contribution in [3.63, 3.8) is 0 Å². The highest BCUT2D eigenvalue weighted by Crippen LogP contribution is 2.49. The molecule has 1 aromatic heterocycles. The van der Waals surface area contributed by atoms with Crippen LogP contribution < -0.4 is 4.74 Å². The number of benzene rings is 2. The Morgan fingerprint density at radius 1 is 1.19 bits per heavy atom. The maximum Gasteiger partial charge on any atom is 0.192 e. The van der Waals surface area contributed by atoms with Gasteiger partial charge in [0.15, 0.2) is 19.6 Å². The maximum absolute atomic E-state index is 6.84. The van der Waals surface area contributed by atoms with Crippen LogP contribution in [0.25, 0.3) is 27.8 Å². The summed E-state index contributed by atoms with van der Waals surface area (Å²) in [6.07, 6.45) is 7.53. The second kappa shape index (κ2) is 7.68. The summed E-state index contributed by atoms with van der Waals surface area (Å²) in [6, 6.07) is 4.50. The van der Waals surface area contributed by atoms with E-state index in [1.165, 1.54) is 22.1 Å². The van der Waals surface area contributed by atoms with E-state index in [9.17, 15) is 0 Å². The molecule has 0 bridgehead atoms. The Balaban J connectivity index is 1.94. The SMILES string of the molecule is C=CCOc1c2occ(C=C)c2c(C)c2ccc3c(c12)CCC3O[Si](C)(C)C(C)(C)C. The Morgan fingerprint density at radius 2 is 1.94 bits per heavy atom. The number of aryl methyl sites for hydroxylation is 2. The molecule has 1 aliphatic rings. The highest BCUT2D eigenvalue weighted by atomic mass is 28.4. The molecule has 0 saturated carbocycles. The minimum atomic E-state index is -1.87. The third-order valence-corrected chi connectivity index (χ3v) is 11.7. The average Bonchev–Trinajstić information content (AvgIpc) is 3.31. The van der Waals surface area contributed by atoms with Crippen molar-refractivity contribution in [2.75, 3.05) is 6.61 Å². The summed E-state index contributed by atoms with van der Waals surface area (Å²) in [5, 5.41) is 3.63. The Bertz CT molecular complexity index is 1180. The number of hydrogen-bond donors (Lipinski definition) is 0. The number of ether oxygens (including phenoxy) is 1. The molecule has 0 aliphatic heterocycles. The van der Waals surface area contributed by atoms with Crippen molar-refractivity contribution >= 4 is 36.1 Å². The molecular weight excluding hydrogens is 400 g/mol. The van der Waals surface area contributed by atoms with Crippen LogP contribution in [0.2, 0.25) is 18.1 Å². The molecular formula is C27H34O3Si. The smallest absolute Gasteiger partial charge is 0.192 e. The van der Waals surface area contributed by atoms with Crippen molar-refractivity contribution in [3.8, 4) is 5.75 Å². The van der Waals surface area contributed by atoms with Gasteiger partial charge in [0, 0.05) is 16.3 Å². The van der Waals surface area contributed by atoms with Gasteiger partial charge in [0.05, 0.1) is 12.4 Å². The van der Waals surface area contributed by atoms with E-state index < -0.39 is 8.32 Å². The normalized spacial score (nSPS) is 16.6. The lowest BCUT2D eigenvalue weighted by atomic mass is 9.93. The van der Waals surface area contributed by atoms with Crippen LogP contribution in [0, 0.1) is 6.92 Å². The van der Waals surface area contributed by atoms with Crippen molar-refractivity contribution in [1.82, 2.24) is 0 Å². The summed E-state index contributed by atoms with van der Waals surface area (Å²) < 4.78 is 19.1. The lowest BCUT2D eigenvalue weighted by molar-refractivity contribution is 0.185. The van der Waals surface area contributed by atoms with Crippen molar-refractivity contribution in [3.05, 3.63) is 59.9 Å². The summed E-state index contributed by atoms with van der Waals surface area (Å²) in [6.45, 7) is 21.9. The summed E-state index contributed by atoms with van der Waals surface area (Å²) in [5.74, 6) is 0.813. The topological polar surface area (TPSA) is 31.6 Å². The molecule has 1 atom stereocenters. The van der Waals surface area contributed by atoms with Gasteiger partial charge in [0.1, 0.15) is 6.61 Å². The van der Waals surface area contributed by atoms with Gasteiger partial charge in [0.25, 0.3) is 0 Å². The highest BCUT2D eigenvalue weighted by Gasteiger charge is 2.41. The van der Waals surface area contributed by atoms with Gasteiger partial charge in [-0.05, 0) is 60.0 Å². The Kier molecular flexibility index (Phi) is 5.43. The van der Waals surface area contributed by atoms with Crippen LogP contribution in [-0.4, -0.2) is 14.9 Å². The van der Waals surface area contributed by atoms with Crippen molar-refractivity contribution in [2.45, 2.75) is 64.8 Å². The molecule has 0 fully saturated rings. The van der Waals surface area contributed by atoms with Crippen LogP contribution in [0.1, 0.15) is 55.5 Å². The third-order valence-electron chi connectivity index (χ3n) is 7.19. The van der Waals surface area contributed by atoms with Gasteiger partial charge in [-0.2, -0.15) is 0 Å². The van der Waals surface area contributed by atoms with E-state index in [4.69, 9.17) is 13.6 Å². The highest BCUT2D eigenvalue weighted by molar-refractivity contribution is 6.74. The van der Waals surface area contributed by atoms with Crippen LogP contribution in [0.15, 0.2) is 42.0 Å². The largest absolute Gasteiger partial charge is 0.485 e. The lowest BCUT2D eigenvalue weighted by Gasteiger charge is -2.38. The van der Waals surface area contributed by atoms with E-state index in [2.05, 4.69) is 66.1 Å². The first-order valence-electron chi connectivity index (χ1n) is 11.1. The molecule has 3 nitrogen and oxygen atoms in total. The van der Waals surface area contributed by atoms with Gasteiger partial charge in [-0.15, -0.1) is 0 Å². The van der Waals surface area contributed by atoms with Crippen LogP contribution >= 0.6 is 0 Å². The van der Waals surface area contributed by atoms with Gasteiger partial charge >= 0.3 is 0 Å². The molecule has 0 spiro atoms. The summed E-state index contributed by atoms with van der Waals surface area (Å²) >= 11 is 0. The zero-order valence-electron chi connectivity index (χ0n) is 19.7. The predicted molar refractivity (Wildman–Crippen MR) is 134 cm³/mol. The fourth-order valence-corrected chi connectivity index (χ4v) is 5.81. The number of fused-ring (bicyclic) bond motifs is 4. The number of furan rings is 1. The van der Waals surface area contributed by atoms with Crippen molar-refractivity contribution < 1.29 is 13.6 Å². The van der Waals surface area contributed by atoms with Gasteiger partial charge in [-0.1, -0.05) is 58.2 Å². The molecule has 1 heterocycles. The molecule has 2 aromatic carbocycles. The van der Waals surface area contributed by atoms with Crippen molar-refractivity contribution in [2.24, 2.45) is 0 Å². The zero-order valence-corrected chi connectivity index (χ0v) is 20.7. The summed E-state index contributed by atoms with van der Waals surface area (Å²) in [4.78, 5) is 0. The van der Waals surface area contributed by atoms with E-state index in [1.54, 1.807) is 12.3 Å². The van der Waals surface area contributed by atoms with Crippen LogP contribution in [0.3, 0.4) is 0 Å². The molecule has 1 aliphatic carbocycles. The first-order valence-corrected chi connectivity index (χ1v) is 14.0. The molecule has 0 amide bonds. The Labute approximate surface area is 186 Å². The van der Waals surface area contributed by atoms with Crippen molar-refractivity contribution in [1.29, 1.82) is 0 Å². The first-order chi connectivity index (χ1) is 14.6. The molecule has 0 N–H and O–H groups in total. The lowest BCUT2D eigenvalue weighted by Crippen LogP contribution is -2.41. The Hall–Kier alpha value is -2.30. The summed E-state index contributed by atoms with van der Waals surface area (Å²) in [5.41, 5.74) is 5.63. The van der Waals surface area contributed by atoms with Crippen LogP contribution in [-0.2, 0) is 10.8 Å². The Morgan fingerprint density at radius 3 is 2.58 bits per heavy atom. The minimum Gasteiger partial charge on any atom is -0.485 e. The van der Waals surface area contributed by atoms with Crippen LogP contribution in [0.4, 0.5) is 0 Å². The monoisotopic (exact) mass is 434 g/mol. The molecule has 31 heavy (non-hydrogen) atoms. The molecule has 4 rings (SSSR count). The van der Waals surface area contributed by atoms with E-state index >= 15 is 0 Å². The second-order valence-corrected chi connectivity index (χ2v) is 14.9. The van der Waals surface area contributed by atoms with Gasteiger partial charge in [-0.3, -0.25) is 0 Å². The van der Waals surface area contributed by atoms with E-state index in [-0.39, 0.29) is 11.1 Å². The second-order valence-electron chi connectivity index (χ2n) is 10.1. The molecule has 1 unspecified atom stereocenters. The van der Waals surface area contributed by atoms with Gasteiger partial charge < -0.3 is 13.6 Å². The molecule has 4 heteroatoms. The standard InChI is InChI=1S/C27H34O3Si/c1-9-15-28-26-24-19(17(3)23-18(10-2)16-29-25(23)26)11-12-20-21(24)13-14-22(20)30-31(7,8)27(4,5)6/h9-12,16,22H,1-2,13-15H2,3-8H3. The maximum atomic E-state index is 6.84. The fourth-order valence-electron chi connectivity index (χ4n) is 4.50. The summed E-state index contributed by atoms with van der Waals surface area (Å²) in [7, 11) is -1.87. The quantitative estimate of drug-likeness (QED) is 0.290. The number of hydrogen-bond acceptors (Lipinski definition) is 3. The number of rotatable bonds is 6. The zero-order chi connectivity index (χ0) is 22.6. The average molecular weight is 435 g/mol. The van der Waals surface area contributed by atoms with E-state index in [0.717, 1.165) is 40.5 Å². The van der Waals surface area contributed by atoms with Gasteiger partial charge in [0.2, 0.25) is 0 Å². The fraction of sp³-hybridized carbons (Fsp3) is 0.407. The molecule has 0 saturated heterocycles. The van der Waals surface area contributed by atoms with Crippen LogP contribution in [0.5, 0.6) is 5.75 Å².